The van der Waals surface area contributed by atoms with Gasteiger partial charge in [-0.2, -0.15) is 0 Å². The molecule has 0 saturated heterocycles. The van der Waals surface area contributed by atoms with Gasteiger partial charge in [0.25, 0.3) is 5.56 Å². The zero-order chi connectivity index (χ0) is 19.3. The highest BCUT2D eigenvalue weighted by Crippen LogP contribution is 2.42. The van der Waals surface area contributed by atoms with Gasteiger partial charge >= 0.3 is 0 Å². The molecule has 3 aromatic carbocycles. The molecule has 136 valence electrons. The molecule has 28 heavy (non-hydrogen) atoms. The molecule has 0 saturated carbocycles. The van der Waals surface area contributed by atoms with Crippen molar-refractivity contribution in [1.82, 2.24) is 4.57 Å². The van der Waals surface area contributed by atoms with Gasteiger partial charge in [-0.3, -0.25) is 9.59 Å². The van der Waals surface area contributed by atoms with E-state index < -0.39 is 0 Å². The predicted octanol–water partition coefficient (Wildman–Crippen LogP) is 4.36. The number of hydrogen-bond donors (Lipinski definition) is 1. The molecule has 5 rings (SSSR count). The molecule has 1 N–H and O–H groups in total. The molecule has 0 radical (unpaired) electrons. The molecule has 0 aliphatic heterocycles. The van der Waals surface area contributed by atoms with Gasteiger partial charge in [-0.05, 0) is 17.2 Å². The highest BCUT2D eigenvalue weighted by Gasteiger charge is 2.29. The van der Waals surface area contributed by atoms with E-state index in [0.29, 0.717) is 23.4 Å². The largest absolute Gasteiger partial charge is 0.376 e. The fourth-order valence-corrected chi connectivity index (χ4v) is 4.04. The number of fused-ring (bicyclic) bond motifs is 2. The Kier molecular flexibility index (Phi) is 3.66. The quantitative estimate of drug-likeness (QED) is 0.516. The van der Waals surface area contributed by atoms with E-state index in [2.05, 4.69) is 5.32 Å². The van der Waals surface area contributed by atoms with Gasteiger partial charge in [-0.15, -0.1) is 0 Å². The lowest BCUT2D eigenvalue weighted by Crippen LogP contribution is -2.25. The Morgan fingerprint density at radius 3 is 2.25 bits per heavy atom. The normalized spacial score (nSPS) is 12.1. The minimum atomic E-state index is -0.0975. The van der Waals surface area contributed by atoms with Gasteiger partial charge in [-0.25, -0.2) is 0 Å². The second kappa shape index (κ2) is 6.20. The topological polar surface area (TPSA) is 51.1 Å². The molecule has 1 heterocycles. The van der Waals surface area contributed by atoms with E-state index in [9.17, 15) is 9.59 Å². The summed E-state index contributed by atoms with van der Waals surface area (Å²) < 4.78 is 1.62. The average Bonchev–Trinajstić information content (AvgIpc) is 2.74. The Hall–Kier alpha value is -3.66. The van der Waals surface area contributed by atoms with Gasteiger partial charge in [0, 0.05) is 35.7 Å². The summed E-state index contributed by atoms with van der Waals surface area (Å²) in [6, 6.07) is 23.1. The molecule has 1 aromatic heterocycles. The Morgan fingerprint density at radius 1 is 0.786 bits per heavy atom. The van der Waals surface area contributed by atoms with Gasteiger partial charge in [0.15, 0.2) is 5.78 Å². The lowest BCUT2D eigenvalue weighted by atomic mass is 9.83. The maximum Gasteiger partial charge on any atom is 0.274 e. The van der Waals surface area contributed by atoms with Crippen LogP contribution in [-0.2, 0) is 13.6 Å². The molecule has 0 spiro atoms. The molecule has 1 aliphatic rings. The summed E-state index contributed by atoms with van der Waals surface area (Å²) in [7, 11) is 1.75. The third kappa shape index (κ3) is 2.31. The van der Waals surface area contributed by atoms with Crippen LogP contribution in [-0.4, -0.2) is 10.4 Å². The molecule has 4 aromatic rings. The average molecular weight is 366 g/mol. The number of rotatable bonds is 3. The van der Waals surface area contributed by atoms with Crippen molar-refractivity contribution in [3.05, 3.63) is 99.8 Å². The van der Waals surface area contributed by atoms with Crippen molar-refractivity contribution in [2.75, 3.05) is 5.32 Å². The number of benzene rings is 3. The van der Waals surface area contributed by atoms with E-state index in [4.69, 9.17) is 0 Å². The van der Waals surface area contributed by atoms with E-state index >= 15 is 0 Å². The third-order valence-corrected chi connectivity index (χ3v) is 5.42. The standard InChI is InChI=1S/C24H18N2O2/c1-26-19-13-7-12-18-20(19)21(16-10-5-6-11-17(16)23(18)27)22(24(26)28)25-14-15-8-3-2-4-9-15/h2-13,25H,14H2,1H3. The van der Waals surface area contributed by atoms with Crippen molar-refractivity contribution in [3.63, 3.8) is 0 Å². The second-order valence-corrected chi connectivity index (χ2v) is 7.03. The van der Waals surface area contributed by atoms with Crippen LogP contribution >= 0.6 is 0 Å². The van der Waals surface area contributed by atoms with E-state index in [-0.39, 0.29) is 11.3 Å². The predicted molar refractivity (Wildman–Crippen MR) is 112 cm³/mol. The van der Waals surface area contributed by atoms with Crippen LogP contribution in [0.25, 0.3) is 22.0 Å². The molecule has 4 nitrogen and oxygen atoms in total. The smallest absolute Gasteiger partial charge is 0.274 e. The summed E-state index contributed by atoms with van der Waals surface area (Å²) in [6.07, 6.45) is 0. The number of anilines is 1. The van der Waals surface area contributed by atoms with E-state index in [1.807, 2.05) is 72.8 Å². The van der Waals surface area contributed by atoms with Crippen molar-refractivity contribution in [1.29, 1.82) is 0 Å². The second-order valence-electron chi connectivity index (χ2n) is 7.03. The van der Waals surface area contributed by atoms with Crippen molar-refractivity contribution in [2.24, 2.45) is 7.05 Å². The molecule has 0 amide bonds. The van der Waals surface area contributed by atoms with Gasteiger partial charge < -0.3 is 9.88 Å². The number of carbonyl (C=O) groups is 1. The SMILES string of the molecule is Cn1c(=O)c(NCc2ccccc2)c2c3c(cccc31)C(=O)c1ccccc1-2. The Balaban J connectivity index is 1.82. The van der Waals surface area contributed by atoms with Gasteiger partial charge in [0.05, 0.1) is 5.52 Å². The molecular weight excluding hydrogens is 348 g/mol. The van der Waals surface area contributed by atoms with Crippen LogP contribution in [0.2, 0.25) is 0 Å². The van der Waals surface area contributed by atoms with Crippen LogP contribution in [0.5, 0.6) is 0 Å². The first-order chi connectivity index (χ1) is 13.7. The number of aryl methyl sites for hydroxylation is 1. The van der Waals surface area contributed by atoms with Gasteiger partial charge in [-0.1, -0.05) is 66.7 Å². The summed E-state index contributed by atoms with van der Waals surface area (Å²) in [5, 5.41) is 4.19. The lowest BCUT2D eigenvalue weighted by molar-refractivity contribution is 0.104. The number of nitrogens with one attached hydrogen (secondary N) is 1. The number of aromatic nitrogens is 1. The number of hydrogen-bond acceptors (Lipinski definition) is 3. The number of carbonyl (C=O) groups excluding carboxylic acids is 1. The molecule has 0 atom stereocenters. The van der Waals surface area contributed by atoms with Gasteiger partial charge in [0.2, 0.25) is 0 Å². The first kappa shape index (κ1) is 16.5. The zero-order valence-corrected chi connectivity index (χ0v) is 15.4. The summed E-state index contributed by atoms with van der Waals surface area (Å²) in [5.74, 6) is 0.00126. The van der Waals surface area contributed by atoms with Crippen molar-refractivity contribution < 1.29 is 4.79 Å². The Morgan fingerprint density at radius 2 is 1.46 bits per heavy atom. The van der Waals surface area contributed by atoms with Gasteiger partial charge in [0.1, 0.15) is 5.69 Å². The van der Waals surface area contributed by atoms with Crippen molar-refractivity contribution in [2.45, 2.75) is 6.54 Å². The van der Waals surface area contributed by atoms with Crippen LogP contribution in [0.4, 0.5) is 5.69 Å². The minimum Gasteiger partial charge on any atom is -0.376 e. The lowest BCUT2D eigenvalue weighted by Gasteiger charge is -2.24. The van der Waals surface area contributed by atoms with E-state index in [1.165, 1.54) is 0 Å². The zero-order valence-electron chi connectivity index (χ0n) is 15.4. The number of ketones is 1. The summed E-state index contributed by atoms with van der Waals surface area (Å²) in [6.45, 7) is 0.535. The van der Waals surface area contributed by atoms with Crippen molar-refractivity contribution in [3.8, 4) is 11.1 Å². The molecular formula is C24H18N2O2. The summed E-state index contributed by atoms with van der Waals surface area (Å²) >= 11 is 0. The van der Waals surface area contributed by atoms with Crippen LogP contribution < -0.4 is 10.9 Å². The molecule has 4 heteroatoms. The number of nitrogens with zero attached hydrogens (tertiary/aromatic N) is 1. The maximum absolute atomic E-state index is 13.2. The summed E-state index contributed by atoms with van der Waals surface area (Å²) in [5.41, 5.74) is 5.20. The Labute approximate surface area is 162 Å². The summed E-state index contributed by atoms with van der Waals surface area (Å²) in [4.78, 5) is 26.3. The first-order valence-electron chi connectivity index (χ1n) is 9.24. The van der Waals surface area contributed by atoms with Crippen molar-refractivity contribution >= 4 is 22.4 Å². The highest BCUT2D eigenvalue weighted by molar-refractivity contribution is 6.26. The third-order valence-electron chi connectivity index (χ3n) is 5.42. The molecule has 0 unspecified atom stereocenters. The fraction of sp³-hybridized carbons (Fsp3) is 0.0833. The Bertz CT molecular complexity index is 1300. The molecule has 0 bridgehead atoms. The van der Waals surface area contributed by atoms with Crippen LogP contribution in [0, 0.1) is 0 Å². The number of pyridine rings is 1. The van der Waals surface area contributed by atoms with Crippen LogP contribution in [0.3, 0.4) is 0 Å². The molecule has 1 aliphatic carbocycles. The molecule has 0 fully saturated rings. The minimum absolute atomic E-state index is 0.00126. The van der Waals surface area contributed by atoms with E-state index in [0.717, 1.165) is 27.6 Å². The maximum atomic E-state index is 13.2. The van der Waals surface area contributed by atoms with Crippen LogP contribution in [0.1, 0.15) is 21.5 Å². The van der Waals surface area contributed by atoms with Crippen LogP contribution in [0.15, 0.2) is 77.6 Å². The van der Waals surface area contributed by atoms with E-state index in [1.54, 1.807) is 11.6 Å². The monoisotopic (exact) mass is 366 g/mol. The highest BCUT2D eigenvalue weighted by atomic mass is 16.1. The first-order valence-corrected chi connectivity index (χ1v) is 9.24. The fourth-order valence-electron chi connectivity index (χ4n) is 4.04.